The van der Waals surface area contributed by atoms with E-state index in [1.54, 1.807) is 36.4 Å². The number of fused-ring (bicyclic) bond motifs is 1. The van der Waals surface area contributed by atoms with E-state index >= 15 is 0 Å². The van der Waals surface area contributed by atoms with E-state index in [2.05, 4.69) is 23.7 Å². The molecule has 1 amide bonds. The third kappa shape index (κ3) is 4.92. The molecule has 7 heteroatoms. The van der Waals surface area contributed by atoms with Gasteiger partial charge in [-0.2, -0.15) is 4.99 Å². The summed E-state index contributed by atoms with van der Waals surface area (Å²) in [5.41, 5.74) is 3.32. The second-order valence-electron chi connectivity index (χ2n) is 6.96. The van der Waals surface area contributed by atoms with Crippen LogP contribution in [0.3, 0.4) is 0 Å². The number of thiazole rings is 1. The van der Waals surface area contributed by atoms with Crippen LogP contribution in [0.1, 0.15) is 24.0 Å². The zero-order valence-corrected chi connectivity index (χ0v) is 18.2. The highest BCUT2D eigenvalue weighted by molar-refractivity contribution is 7.91. The lowest BCUT2D eigenvalue weighted by atomic mass is 10.1. The van der Waals surface area contributed by atoms with Crippen LogP contribution in [0.15, 0.2) is 65.0 Å². The maximum Gasteiger partial charge on any atom is 0.248 e. The van der Waals surface area contributed by atoms with Crippen molar-refractivity contribution in [3.8, 4) is 0 Å². The number of allylic oxidation sites excluding steroid dienone is 1. The van der Waals surface area contributed by atoms with Crippen LogP contribution in [0.2, 0.25) is 0 Å². The molecule has 0 aliphatic rings. The molecule has 0 bridgehead atoms. The minimum atomic E-state index is -3.39. The molecule has 3 rings (SSSR count). The Bertz CT molecular complexity index is 1220. The van der Waals surface area contributed by atoms with Crippen LogP contribution < -0.4 is 4.80 Å². The lowest BCUT2D eigenvalue weighted by Crippen LogP contribution is -2.16. The lowest BCUT2D eigenvalue weighted by Gasteiger charge is -2.04. The van der Waals surface area contributed by atoms with Crippen LogP contribution in [0, 0.1) is 13.8 Å². The van der Waals surface area contributed by atoms with Gasteiger partial charge in [0.05, 0.1) is 20.9 Å². The van der Waals surface area contributed by atoms with E-state index in [-0.39, 0.29) is 29.4 Å². The van der Waals surface area contributed by atoms with Crippen molar-refractivity contribution < 1.29 is 13.2 Å². The van der Waals surface area contributed by atoms with Crippen LogP contribution in [0.25, 0.3) is 10.2 Å². The molecule has 1 aromatic heterocycles. The number of aromatic nitrogens is 1. The summed E-state index contributed by atoms with van der Waals surface area (Å²) < 4.78 is 27.8. The molecule has 5 nitrogen and oxygen atoms in total. The fourth-order valence-corrected chi connectivity index (χ4v) is 5.66. The Morgan fingerprint density at radius 3 is 2.62 bits per heavy atom. The minimum Gasteiger partial charge on any atom is -0.312 e. The fourth-order valence-electron chi connectivity index (χ4n) is 3.23. The zero-order chi connectivity index (χ0) is 21.0. The summed E-state index contributed by atoms with van der Waals surface area (Å²) in [4.78, 5) is 17.6. The molecule has 0 aliphatic carbocycles. The van der Waals surface area contributed by atoms with Gasteiger partial charge in [0.1, 0.15) is 0 Å². The van der Waals surface area contributed by atoms with E-state index in [0.717, 1.165) is 21.3 Å². The van der Waals surface area contributed by atoms with E-state index in [0.29, 0.717) is 11.3 Å². The van der Waals surface area contributed by atoms with Crippen molar-refractivity contribution in [2.45, 2.75) is 38.1 Å². The molecule has 0 spiro atoms. The van der Waals surface area contributed by atoms with Crippen molar-refractivity contribution >= 4 is 37.3 Å². The van der Waals surface area contributed by atoms with Gasteiger partial charge in [-0.25, -0.2) is 8.42 Å². The molecule has 0 unspecified atom stereocenters. The fraction of sp³-hybridized carbons (Fsp3) is 0.273. The van der Waals surface area contributed by atoms with Gasteiger partial charge < -0.3 is 4.57 Å². The van der Waals surface area contributed by atoms with E-state index in [4.69, 9.17) is 0 Å². The van der Waals surface area contributed by atoms with Gasteiger partial charge in [0.25, 0.3) is 0 Å². The van der Waals surface area contributed by atoms with Crippen LogP contribution in [-0.4, -0.2) is 24.6 Å². The SMILES string of the molecule is C=CCn1c(=NC(=O)CCCS(=O)(=O)c2ccccc2)sc2c(C)cc(C)cc21. The second kappa shape index (κ2) is 8.88. The van der Waals surface area contributed by atoms with Crippen LogP contribution in [-0.2, 0) is 21.2 Å². The summed E-state index contributed by atoms with van der Waals surface area (Å²) in [6, 6.07) is 12.5. The van der Waals surface area contributed by atoms with Crippen molar-refractivity contribution in [1.82, 2.24) is 4.57 Å². The molecule has 29 heavy (non-hydrogen) atoms. The molecule has 1 heterocycles. The van der Waals surface area contributed by atoms with Gasteiger partial charge in [-0.15, -0.1) is 6.58 Å². The second-order valence-corrected chi connectivity index (χ2v) is 10.0. The summed E-state index contributed by atoms with van der Waals surface area (Å²) in [6.07, 6.45) is 2.11. The molecule has 2 aromatic carbocycles. The summed E-state index contributed by atoms with van der Waals surface area (Å²) in [7, 11) is -3.39. The van der Waals surface area contributed by atoms with Gasteiger partial charge in [0.2, 0.25) is 5.91 Å². The molecule has 0 N–H and O–H groups in total. The van der Waals surface area contributed by atoms with Crippen molar-refractivity contribution in [1.29, 1.82) is 0 Å². The molecule has 0 saturated heterocycles. The number of nitrogens with zero attached hydrogens (tertiary/aromatic N) is 2. The topological polar surface area (TPSA) is 68.5 Å². The predicted molar refractivity (Wildman–Crippen MR) is 118 cm³/mol. The zero-order valence-electron chi connectivity index (χ0n) is 16.6. The monoisotopic (exact) mass is 428 g/mol. The number of amides is 1. The molecule has 0 radical (unpaired) electrons. The molecule has 0 atom stereocenters. The number of aryl methyl sites for hydroxylation is 2. The number of carbonyl (C=O) groups excluding carboxylic acids is 1. The highest BCUT2D eigenvalue weighted by Gasteiger charge is 2.15. The standard InChI is InChI=1S/C22H24N2O3S2/c1-4-12-24-19-15-16(2)14-17(3)21(19)28-22(24)23-20(25)11-8-13-29(26,27)18-9-6-5-7-10-18/h4-7,9-10,14-15H,1,8,11-13H2,2-3H3. The number of rotatable bonds is 7. The number of benzene rings is 2. The van der Waals surface area contributed by atoms with Gasteiger partial charge in [-0.3, -0.25) is 4.79 Å². The van der Waals surface area contributed by atoms with Crippen LogP contribution in [0.4, 0.5) is 0 Å². The Morgan fingerprint density at radius 2 is 1.93 bits per heavy atom. The van der Waals surface area contributed by atoms with E-state index in [1.165, 1.54) is 11.3 Å². The third-order valence-electron chi connectivity index (χ3n) is 4.55. The molecule has 0 saturated carbocycles. The quantitative estimate of drug-likeness (QED) is 0.530. The highest BCUT2D eigenvalue weighted by Crippen LogP contribution is 2.23. The van der Waals surface area contributed by atoms with Gasteiger partial charge in [0, 0.05) is 13.0 Å². The number of sulfone groups is 1. The molecule has 3 aromatic rings. The van der Waals surface area contributed by atoms with Crippen molar-refractivity contribution in [3.05, 3.63) is 71.0 Å². The Kier molecular flexibility index (Phi) is 6.49. The molecule has 0 aliphatic heterocycles. The normalized spacial score (nSPS) is 12.4. The first-order valence-electron chi connectivity index (χ1n) is 9.38. The maximum absolute atomic E-state index is 12.4. The largest absolute Gasteiger partial charge is 0.312 e. The minimum absolute atomic E-state index is 0.0738. The summed E-state index contributed by atoms with van der Waals surface area (Å²) >= 11 is 1.47. The number of hydrogen-bond donors (Lipinski definition) is 0. The van der Waals surface area contributed by atoms with Crippen molar-refractivity contribution in [2.75, 3.05) is 5.75 Å². The van der Waals surface area contributed by atoms with Crippen LogP contribution >= 0.6 is 11.3 Å². The van der Waals surface area contributed by atoms with Gasteiger partial charge in [0.15, 0.2) is 14.6 Å². The summed E-state index contributed by atoms with van der Waals surface area (Å²) in [5, 5.41) is 0. The average Bonchev–Trinajstić information content (AvgIpc) is 3.00. The van der Waals surface area contributed by atoms with E-state index in [9.17, 15) is 13.2 Å². The first kappa shape index (κ1) is 21.2. The van der Waals surface area contributed by atoms with Crippen molar-refractivity contribution in [3.63, 3.8) is 0 Å². The van der Waals surface area contributed by atoms with E-state index in [1.807, 2.05) is 18.4 Å². The summed E-state index contributed by atoms with van der Waals surface area (Å²) in [5.74, 6) is -0.387. The molecular formula is C22H24N2O3S2. The third-order valence-corrected chi connectivity index (χ3v) is 7.60. The number of carbonyl (C=O) groups is 1. The first-order valence-corrected chi connectivity index (χ1v) is 11.9. The van der Waals surface area contributed by atoms with Gasteiger partial charge in [-0.05, 0) is 49.6 Å². The molecular weight excluding hydrogens is 404 g/mol. The van der Waals surface area contributed by atoms with Gasteiger partial charge >= 0.3 is 0 Å². The predicted octanol–water partition coefficient (Wildman–Crippen LogP) is 4.19. The van der Waals surface area contributed by atoms with Crippen molar-refractivity contribution in [2.24, 2.45) is 4.99 Å². The van der Waals surface area contributed by atoms with Gasteiger partial charge in [-0.1, -0.05) is 41.7 Å². The maximum atomic E-state index is 12.4. The highest BCUT2D eigenvalue weighted by atomic mass is 32.2. The van der Waals surface area contributed by atoms with E-state index < -0.39 is 9.84 Å². The first-order chi connectivity index (χ1) is 13.8. The average molecular weight is 429 g/mol. The smallest absolute Gasteiger partial charge is 0.248 e. The Labute approximate surface area is 175 Å². The Balaban J connectivity index is 1.80. The summed E-state index contributed by atoms with van der Waals surface area (Å²) in [6.45, 7) is 8.44. The Hall–Kier alpha value is -2.51. The molecule has 0 fully saturated rings. The molecule has 152 valence electrons. The number of hydrogen-bond acceptors (Lipinski definition) is 4. The van der Waals surface area contributed by atoms with Crippen LogP contribution in [0.5, 0.6) is 0 Å². The Morgan fingerprint density at radius 1 is 1.21 bits per heavy atom. The lowest BCUT2D eigenvalue weighted by molar-refractivity contribution is -0.118.